The Kier molecular flexibility index (Phi) is 11.4. The van der Waals surface area contributed by atoms with Gasteiger partial charge in [-0.3, -0.25) is 32.8 Å². The predicted molar refractivity (Wildman–Crippen MR) is 129 cm³/mol. The highest BCUT2D eigenvalue weighted by molar-refractivity contribution is 7.59. The van der Waals surface area contributed by atoms with Gasteiger partial charge in [0.05, 0.1) is 13.2 Å². The number of nitrogens with one attached hydrogen (secondary N) is 2. The van der Waals surface area contributed by atoms with Gasteiger partial charge < -0.3 is 64.2 Å². The minimum Gasteiger partial charge on any atom is -0.756 e. The molecule has 11 atom stereocenters. The lowest BCUT2D eigenvalue weighted by atomic mass is 9.96. The average Bonchev–Trinajstić information content (AvgIpc) is 3.18. The van der Waals surface area contributed by atoms with Gasteiger partial charge in [0, 0.05) is 19.2 Å². The van der Waals surface area contributed by atoms with Crippen LogP contribution in [0.15, 0.2) is 34.2 Å². The SMILES string of the molecule is C=C(O[C@H]1[C@H](O)[C@@H](CO)OC(OP(=O)([O-])OP(=O)([O-])OC[C@H]2O[C@@H](n3ccc(=O)[nH]c3=O)[C@H](O)[C@@H]2O)[C@@H]1NC(C)=O)C(=O)[O-]. The zero-order chi connectivity index (χ0) is 33.1. The van der Waals surface area contributed by atoms with E-state index >= 15 is 0 Å². The molecule has 1 amide bonds. The summed E-state index contributed by atoms with van der Waals surface area (Å²) in [4.78, 5) is 72.8. The van der Waals surface area contributed by atoms with E-state index in [2.05, 4.69) is 25.3 Å². The predicted octanol–water partition coefficient (Wildman–Crippen LogP) is -6.63. The number of aliphatic carboxylic acids is 1. The molecule has 3 heterocycles. The molecule has 248 valence electrons. The van der Waals surface area contributed by atoms with E-state index in [-0.39, 0.29) is 0 Å². The second kappa shape index (κ2) is 14.1. The Balaban J connectivity index is 1.72. The first-order valence-electron chi connectivity index (χ1n) is 12.1. The van der Waals surface area contributed by atoms with Crippen molar-refractivity contribution in [2.24, 2.45) is 0 Å². The van der Waals surface area contributed by atoms with Crippen LogP contribution in [0.2, 0.25) is 0 Å². The summed E-state index contributed by atoms with van der Waals surface area (Å²) < 4.78 is 53.8. The molecule has 2 aliphatic rings. The summed E-state index contributed by atoms with van der Waals surface area (Å²) in [6, 6.07) is -1.00. The van der Waals surface area contributed by atoms with Crippen LogP contribution in [-0.2, 0) is 46.3 Å². The monoisotopic (exact) mass is 674 g/mol. The highest BCUT2D eigenvalue weighted by Gasteiger charge is 2.50. The third-order valence-electron chi connectivity index (χ3n) is 6.02. The molecule has 24 heteroatoms. The summed E-state index contributed by atoms with van der Waals surface area (Å²) in [5.41, 5.74) is -1.84. The number of carbonyl (C=O) groups excluding carboxylic acids is 2. The van der Waals surface area contributed by atoms with Crippen molar-refractivity contribution in [2.45, 2.75) is 62.1 Å². The van der Waals surface area contributed by atoms with Crippen LogP contribution >= 0.6 is 15.6 Å². The molecule has 6 N–H and O–H groups in total. The van der Waals surface area contributed by atoms with E-state index in [1.165, 1.54) is 0 Å². The first-order chi connectivity index (χ1) is 20.4. The van der Waals surface area contributed by atoms with Crippen LogP contribution in [0.25, 0.3) is 0 Å². The molecule has 3 rings (SSSR count). The van der Waals surface area contributed by atoms with Crippen molar-refractivity contribution in [1.82, 2.24) is 14.9 Å². The Morgan fingerprint density at radius 2 is 1.77 bits per heavy atom. The Bertz CT molecular complexity index is 1450. The van der Waals surface area contributed by atoms with Crippen LogP contribution in [0.1, 0.15) is 13.2 Å². The third kappa shape index (κ3) is 8.67. The number of H-pyrrole nitrogens is 1. The molecular weight excluding hydrogens is 648 g/mol. The number of nitrogens with zero attached hydrogens (tertiary/aromatic N) is 1. The van der Waals surface area contributed by atoms with E-state index in [0.29, 0.717) is 4.57 Å². The lowest BCUT2D eigenvalue weighted by molar-refractivity contribution is -0.309. The first-order valence-corrected chi connectivity index (χ1v) is 15.1. The molecule has 0 aromatic carbocycles. The maximum atomic E-state index is 12.5. The number of aliphatic hydroxyl groups excluding tert-OH is 4. The van der Waals surface area contributed by atoms with Crippen molar-refractivity contribution in [3.05, 3.63) is 45.4 Å². The number of carboxylic acid groups (broad SMARTS) is 1. The smallest absolute Gasteiger partial charge is 0.330 e. The quantitative estimate of drug-likeness (QED) is 0.0643. The van der Waals surface area contributed by atoms with Gasteiger partial charge in [-0.05, 0) is 0 Å². The number of carboxylic acids is 1. The number of rotatable bonds is 13. The molecule has 2 saturated heterocycles. The zero-order valence-electron chi connectivity index (χ0n) is 22.2. The largest absolute Gasteiger partial charge is 0.756 e. The van der Waals surface area contributed by atoms with Crippen LogP contribution in [0.5, 0.6) is 0 Å². The minimum atomic E-state index is -6.09. The first kappa shape index (κ1) is 35.7. The molecule has 0 saturated carbocycles. The summed E-state index contributed by atoms with van der Waals surface area (Å²) in [6.07, 6.45) is -14.0. The zero-order valence-corrected chi connectivity index (χ0v) is 24.0. The molecule has 0 bridgehead atoms. The maximum Gasteiger partial charge on any atom is 0.330 e. The van der Waals surface area contributed by atoms with E-state index in [1.54, 1.807) is 0 Å². The normalized spacial score (nSPS) is 33.1. The lowest BCUT2D eigenvalue weighted by Crippen LogP contribution is -2.65. The van der Waals surface area contributed by atoms with Crippen molar-refractivity contribution < 1.29 is 81.6 Å². The number of aromatic amines is 1. The number of hydrogen-bond acceptors (Lipinski definition) is 19. The van der Waals surface area contributed by atoms with Crippen LogP contribution in [0.4, 0.5) is 0 Å². The van der Waals surface area contributed by atoms with Crippen LogP contribution in [-0.4, -0.2) is 104 Å². The molecule has 1 aromatic heterocycles. The molecule has 0 radical (unpaired) electrons. The second-order valence-electron chi connectivity index (χ2n) is 9.18. The molecular formula is C20H26N3O19P2-3. The van der Waals surface area contributed by atoms with E-state index < -0.39 is 113 Å². The summed E-state index contributed by atoms with van der Waals surface area (Å²) in [5, 5.41) is 53.5. The Labute approximate surface area is 245 Å². The molecule has 44 heavy (non-hydrogen) atoms. The summed E-state index contributed by atoms with van der Waals surface area (Å²) in [5.74, 6) is -3.98. The summed E-state index contributed by atoms with van der Waals surface area (Å²) in [7, 11) is -12.0. The van der Waals surface area contributed by atoms with Crippen molar-refractivity contribution in [3.63, 3.8) is 0 Å². The highest BCUT2D eigenvalue weighted by atomic mass is 31.3. The number of aromatic nitrogens is 2. The Morgan fingerprint density at radius 1 is 1.11 bits per heavy atom. The number of hydrogen-bond donors (Lipinski definition) is 6. The van der Waals surface area contributed by atoms with Crippen LogP contribution in [0, 0.1) is 0 Å². The van der Waals surface area contributed by atoms with Gasteiger partial charge in [-0.15, -0.1) is 0 Å². The van der Waals surface area contributed by atoms with Gasteiger partial charge in [-0.2, -0.15) is 0 Å². The van der Waals surface area contributed by atoms with Crippen LogP contribution < -0.4 is 31.5 Å². The van der Waals surface area contributed by atoms with Gasteiger partial charge in [0.2, 0.25) is 5.91 Å². The molecule has 22 nitrogen and oxygen atoms in total. The number of ether oxygens (including phenoxy) is 3. The Hall–Kier alpha value is -2.82. The summed E-state index contributed by atoms with van der Waals surface area (Å²) in [6.45, 7) is 1.72. The highest BCUT2D eigenvalue weighted by Crippen LogP contribution is 2.57. The van der Waals surface area contributed by atoms with Gasteiger partial charge in [0.1, 0.15) is 48.3 Å². The maximum absolute atomic E-state index is 12.5. The summed E-state index contributed by atoms with van der Waals surface area (Å²) >= 11 is 0. The number of aliphatic hydroxyl groups is 4. The fraction of sp³-hybridized carbons (Fsp3) is 0.600. The molecule has 3 unspecified atom stereocenters. The van der Waals surface area contributed by atoms with Crippen molar-refractivity contribution in [2.75, 3.05) is 13.2 Å². The van der Waals surface area contributed by atoms with Crippen molar-refractivity contribution >= 4 is 27.5 Å². The van der Waals surface area contributed by atoms with Gasteiger partial charge in [0.25, 0.3) is 21.2 Å². The standard InChI is InChI=1S/C20H29N3O19P2/c1-7(18(30)31)38-16-12(21-8(2)25)19(40-9(5-24)14(16)28)41-44(35,36)42-43(33,34)37-6-10-13(27)15(29)17(39-10)23-4-3-11(26)22-20(23)32/h3-4,9-10,12-17,19,24,27-29H,1,5-6H2,2H3,(H,21,25)(H,30,31)(H,33,34)(H,35,36)(H,22,26,32)/p-3/t9-,10-,12-,13-,14-,15-,16-,17-,19?/m1/s1. The van der Waals surface area contributed by atoms with Gasteiger partial charge in [-0.25, -0.2) is 9.11 Å². The van der Waals surface area contributed by atoms with Gasteiger partial charge in [0.15, 0.2) is 18.6 Å². The van der Waals surface area contributed by atoms with E-state index in [1.807, 2.05) is 4.98 Å². The molecule has 2 fully saturated rings. The number of phosphoric ester groups is 2. The third-order valence-corrected chi connectivity index (χ3v) is 8.55. The number of amides is 1. The average molecular weight is 674 g/mol. The van der Waals surface area contributed by atoms with E-state index in [4.69, 9.17) is 14.2 Å². The number of carbonyl (C=O) groups is 2. The van der Waals surface area contributed by atoms with Gasteiger partial charge in [-0.1, -0.05) is 6.58 Å². The molecule has 1 aromatic rings. The van der Waals surface area contributed by atoms with Crippen LogP contribution in [0.3, 0.4) is 0 Å². The minimum absolute atomic E-state index is 0.674. The van der Waals surface area contributed by atoms with E-state index in [0.717, 1.165) is 19.2 Å². The lowest BCUT2D eigenvalue weighted by Gasteiger charge is -2.45. The fourth-order valence-electron chi connectivity index (χ4n) is 4.08. The molecule has 0 aliphatic carbocycles. The van der Waals surface area contributed by atoms with Crippen molar-refractivity contribution in [1.29, 1.82) is 0 Å². The van der Waals surface area contributed by atoms with Crippen molar-refractivity contribution in [3.8, 4) is 0 Å². The molecule has 0 spiro atoms. The topological polar surface area (TPSA) is 341 Å². The van der Waals surface area contributed by atoms with Gasteiger partial charge >= 0.3 is 5.69 Å². The molecule has 2 aliphatic heterocycles. The fourth-order valence-corrected chi connectivity index (χ4v) is 6.17. The number of phosphoric acid groups is 2. The second-order valence-corrected chi connectivity index (χ2v) is 12.1. The Morgan fingerprint density at radius 3 is 2.34 bits per heavy atom. The van der Waals surface area contributed by atoms with E-state index in [9.17, 15) is 63.6 Å².